The smallest absolute Gasteiger partial charge is 0.226 e. The number of rotatable bonds is 2. The van der Waals surface area contributed by atoms with Gasteiger partial charge in [-0.3, -0.25) is 4.79 Å². The normalized spacial score (nSPS) is 11.2. The monoisotopic (exact) mass is 330 g/mol. The molecule has 0 spiro atoms. The molecule has 0 radical (unpaired) electrons. The molecule has 2 aromatic rings. The van der Waals surface area contributed by atoms with Crippen molar-refractivity contribution in [3.63, 3.8) is 0 Å². The Morgan fingerprint density at radius 3 is 1.48 bits per heavy atom. The lowest BCUT2D eigenvalue weighted by Gasteiger charge is -2.11. The molecule has 2 aromatic carbocycles. The van der Waals surface area contributed by atoms with Gasteiger partial charge in [0.05, 0.1) is 17.2 Å². The Hall–Kier alpha value is -1.83. The Balaban J connectivity index is 3.07. The topological polar surface area (TPSA) is 17.1 Å². The van der Waals surface area contributed by atoms with Crippen LogP contribution in [0.2, 0.25) is 0 Å². The van der Waals surface area contributed by atoms with E-state index >= 15 is 0 Å². The van der Waals surface area contributed by atoms with Crippen molar-refractivity contribution in [2.45, 2.75) is 6.42 Å². The molecule has 0 saturated carbocycles. The number of carbonyl (C=O) groups is 1. The van der Waals surface area contributed by atoms with Crippen molar-refractivity contribution in [1.29, 1.82) is 0 Å². The molecule has 2 rings (SSSR count). The Morgan fingerprint density at radius 1 is 0.667 bits per heavy atom. The zero-order valence-corrected chi connectivity index (χ0v) is 10.4. The zero-order valence-electron chi connectivity index (χ0n) is 9.64. The van der Waals surface area contributed by atoms with Crippen LogP contribution in [-0.4, -0.2) is 5.24 Å². The summed E-state index contributed by atoms with van der Waals surface area (Å²) in [5, 5.41) is -4.69. The lowest BCUT2D eigenvalue weighted by atomic mass is 10.0. The molecule has 0 bridgehead atoms. The van der Waals surface area contributed by atoms with Gasteiger partial charge in [-0.05, 0) is 11.6 Å². The maximum atomic E-state index is 13.9. The van der Waals surface area contributed by atoms with Gasteiger partial charge in [0, 0.05) is 5.56 Å². The molecule has 0 N–H and O–H groups in total. The van der Waals surface area contributed by atoms with E-state index in [1.165, 1.54) is 0 Å². The zero-order chi connectivity index (χ0) is 16.1. The summed E-state index contributed by atoms with van der Waals surface area (Å²) < 4.78 is 94.1. The van der Waals surface area contributed by atoms with Crippen LogP contribution in [0.15, 0.2) is 0 Å². The van der Waals surface area contributed by atoms with Crippen molar-refractivity contribution in [1.82, 2.24) is 0 Å². The molecule has 0 unspecified atom stereocenters. The molecule has 0 saturated heterocycles. The molecule has 0 fully saturated rings. The van der Waals surface area contributed by atoms with Gasteiger partial charge in [0.25, 0.3) is 0 Å². The first-order valence-electron chi connectivity index (χ1n) is 5.17. The average molecular weight is 331 g/mol. The average Bonchev–Trinajstić information content (AvgIpc) is 2.42. The number of carbonyl (C=O) groups excluding carboxylic acids is 1. The van der Waals surface area contributed by atoms with E-state index < -0.39 is 68.7 Å². The summed E-state index contributed by atoms with van der Waals surface area (Å²) in [6.07, 6.45) is -1.19. The van der Waals surface area contributed by atoms with Crippen molar-refractivity contribution in [3.05, 3.63) is 46.3 Å². The first-order valence-corrected chi connectivity index (χ1v) is 5.55. The van der Waals surface area contributed by atoms with Gasteiger partial charge in [0.15, 0.2) is 34.9 Å². The first kappa shape index (κ1) is 15.6. The van der Waals surface area contributed by atoms with E-state index in [0.717, 1.165) is 0 Å². The molecular weight excluding hydrogens is 329 g/mol. The molecule has 0 atom stereocenters. The third-order valence-corrected chi connectivity index (χ3v) is 2.88. The summed E-state index contributed by atoms with van der Waals surface area (Å²) >= 11 is 4.89. The molecule has 21 heavy (non-hydrogen) atoms. The number of hydrogen-bond donors (Lipinski definition) is 0. The van der Waals surface area contributed by atoms with Gasteiger partial charge in [-0.1, -0.05) is 0 Å². The highest BCUT2D eigenvalue weighted by atomic mass is 35.5. The van der Waals surface area contributed by atoms with Crippen molar-refractivity contribution in [2.75, 3.05) is 0 Å². The summed E-state index contributed by atoms with van der Waals surface area (Å²) in [6.45, 7) is 0. The molecule has 0 amide bonds. The maximum absolute atomic E-state index is 13.9. The van der Waals surface area contributed by atoms with E-state index in [4.69, 9.17) is 11.6 Å². The van der Waals surface area contributed by atoms with E-state index in [0.29, 0.717) is 0 Å². The first-order chi connectivity index (χ1) is 9.68. The third kappa shape index (κ3) is 2.23. The minimum absolute atomic E-state index is 1.19. The van der Waals surface area contributed by atoms with E-state index in [9.17, 15) is 35.5 Å². The Labute approximate surface area is 116 Å². The third-order valence-electron chi connectivity index (χ3n) is 2.74. The molecule has 9 heteroatoms. The van der Waals surface area contributed by atoms with Gasteiger partial charge in [0.2, 0.25) is 5.24 Å². The van der Waals surface area contributed by atoms with Gasteiger partial charge in [0.1, 0.15) is 5.82 Å². The van der Waals surface area contributed by atoms with Gasteiger partial charge < -0.3 is 0 Å². The van der Waals surface area contributed by atoms with Crippen LogP contribution in [0.5, 0.6) is 0 Å². The van der Waals surface area contributed by atoms with E-state index in [2.05, 4.69) is 0 Å². The molecule has 0 aliphatic rings. The highest BCUT2D eigenvalue weighted by Crippen LogP contribution is 2.34. The van der Waals surface area contributed by atoms with Crippen LogP contribution in [0, 0.1) is 40.7 Å². The fraction of sp³-hybridized carbons (Fsp3) is 0.0833. The van der Waals surface area contributed by atoms with Crippen molar-refractivity contribution in [2.24, 2.45) is 0 Å². The summed E-state index contributed by atoms with van der Waals surface area (Å²) in [7, 11) is 0. The number of halogens is 8. The Bertz CT molecular complexity index is 788. The summed E-state index contributed by atoms with van der Waals surface area (Å²) in [4.78, 5) is 10.6. The molecule has 1 nitrogen and oxygen atoms in total. The quantitative estimate of drug-likeness (QED) is 0.350. The Kier molecular flexibility index (Phi) is 3.83. The predicted molar refractivity (Wildman–Crippen MR) is 58.2 cm³/mol. The molecule has 0 heterocycles. The lowest BCUT2D eigenvalue weighted by Crippen LogP contribution is -2.09. The van der Waals surface area contributed by atoms with Crippen LogP contribution in [0.25, 0.3) is 10.8 Å². The van der Waals surface area contributed by atoms with Crippen LogP contribution in [-0.2, 0) is 11.2 Å². The molecular formula is C12H2ClF7O. The minimum Gasteiger partial charge on any atom is -0.281 e. The molecule has 0 aliphatic carbocycles. The summed E-state index contributed by atoms with van der Waals surface area (Å²) in [6, 6.07) is 0. The molecule has 112 valence electrons. The fourth-order valence-electron chi connectivity index (χ4n) is 1.83. The van der Waals surface area contributed by atoms with Gasteiger partial charge >= 0.3 is 0 Å². The van der Waals surface area contributed by atoms with E-state index in [-0.39, 0.29) is 0 Å². The fourth-order valence-corrected chi connectivity index (χ4v) is 1.96. The highest BCUT2D eigenvalue weighted by molar-refractivity contribution is 6.63. The molecule has 0 aromatic heterocycles. The second-order valence-corrected chi connectivity index (χ2v) is 4.38. The highest BCUT2D eigenvalue weighted by Gasteiger charge is 2.30. The van der Waals surface area contributed by atoms with Crippen molar-refractivity contribution < 1.29 is 35.5 Å². The van der Waals surface area contributed by atoms with Crippen LogP contribution >= 0.6 is 11.6 Å². The SMILES string of the molecule is O=C(Cl)Cc1c(F)c(F)c2c(F)c(F)c(F)c(F)c2c1F. The predicted octanol–water partition coefficient (Wildman–Crippen LogP) is 4.12. The molecule has 0 aliphatic heterocycles. The number of benzene rings is 2. The van der Waals surface area contributed by atoms with Gasteiger partial charge in [-0.2, -0.15) is 0 Å². The van der Waals surface area contributed by atoms with Crippen LogP contribution < -0.4 is 0 Å². The maximum Gasteiger partial charge on any atom is 0.226 e. The van der Waals surface area contributed by atoms with Gasteiger partial charge in [-0.25, -0.2) is 30.7 Å². The van der Waals surface area contributed by atoms with Crippen LogP contribution in [0.3, 0.4) is 0 Å². The number of fused-ring (bicyclic) bond motifs is 1. The number of hydrogen-bond acceptors (Lipinski definition) is 1. The second-order valence-electron chi connectivity index (χ2n) is 3.96. The van der Waals surface area contributed by atoms with E-state index in [1.807, 2.05) is 0 Å². The van der Waals surface area contributed by atoms with Crippen molar-refractivity contribution in [3.8, 4) is 0 Å². The van der Waals surface area contributed by atoms with Crippen LogP contribution in [0.4, 0.5) is 30.7 Å². The summed E-state index contributed by atoms with van der Waals surface area (Å²) in [5.74, 6) is -15.5. The standard InChI is InChI=1S/C12H2ClF7O/c13-3(21)1-2-6(14)4-5(8(16)7(2)15)10(18)12(20)11(19)9(4)17/h1H2. The lowest BCUT2D eigenvalue weighted by molar-refractivity contribution is -0.111. The second kappa shape index (κ2) is 5.18. The van der Waals surface area contributed by atoms with Crippen molar-refractivity contribution >= 4 is 27.6 Å². The van der Waals surface area contributed by atoms with Gasteiger partial charge in [-0.15, -0.1) is 0 Å². The largest absolute Gasteiger partial charge is 0.281 e. The van der Waals surface area contributed by atoms with E-state index in [1.54, 1.807) is 0 Å². The summed E-state index contributed by atoms with van der Waals surface area (Å²) in [5.41, 5.74) is -1.32. The Morgan fingerprint density at radius 2 is 1.05 bits per heavy atom. The van der Waals surface area contributed by atoms with Crippen LogP contribution in [0.1, 0.15) is 5.56 Å². The minimum atomic E-state index is -2.42.